The summed E-state index contributed by atoms with van der Waals surface area (Å²) in [6, 6.07) is 7.30. The van der Waals surface area contributed by atoms with Crippen molar-refractivity contribution in [2.24, 2.45) is 0 Å². The molecule has 0 radical (unpaired) electrons. The SMILES string of the molecule is CCOC(=O)c1c(C)[nH]c(C)c1C(=O)COC(=O)[C@]12CCC(=O)N1c1ccccc1S2. The Bertz CT molecular complexity index is 1110. The van der Waals surface area contributed by atoms with Crippen LogP contribution in [0.2, 0.25) is 0 Å². The first-order valence-corrected chi connectivity index (χ1v) is 10.8. The van der Waals surface area contributed by atoms with Crippen LogP contribution in [0.4, 0.5) is 5.69 Å². The Morgan fingerprint density at radius 1 is 1.13 bits per heavy atom. The molecule has 2 aliphatic heterocycles. The van der Waals surface area contributed by atoms with Crippen LogP contribution in [0.5, 0.6) is 0 Å². The molecule has 1 aromatic heterocycles. The summed E-state index contributed by atoms with van der Waals surface area (Å²) in [5, 5.41) is 0. The fraction of sp³-hybridized carbons (Fsp3) is 0.364. The van der Waals surface area contributed by atoms with E-state index in [1.807, 2.05) is 18.2 Å². The number of rotatable bonds is 6. The smallest absolute Gasteiger partial charge is 0.343 e. The monoisotopic (exact) mass is 442 g/mol. The van der Waals surface area contributed by atoms with Crippen LogP contribution < -0.4 is 4.90 Å². The second-order valence-electron chi connectivity index (χ2n) is 7.43. The largest absolute Gasteiger partial charge is 0.462 e. The number of benzene rings is 1. The number of Topliss-reactive ketones (excluding diaryl/α,β-unsaturated/α-hetero) is 1. The number of carbonyl (C=O) groups is 4. The van der Waals surface area contributed by atoms with E-state index in [0.29, 0.717) is 23.5 Å². The highest BCUT2D eigenvalue weighted by Gasteiger charge is 2.58. The summed E-state index contributed by atoms with van der Waals surface area (Å²) < 4.78 is 10.5. The van der Waals surface area contributed by atoms with E-state index in [4.69, 9.17) is 9.47 Å². The molecule has 9 heteroatoms. The number of esters is 2. The number of hydrogen-bond donors (Lipinski definition) is 1. The molecule has 0 aliphatic carbocycles. The first-order chi connectivity index (χ1) is 14.8. The molecule has 0 unspecified atom stereocenters. The summed E-state index contributed by atoms with van der Waals surface area (Å²) in [7, 11) is 0. The number of ether oxygens (including phenoxy) is 2. The lowest BCUT2D eigenvalue weighted by Gasteiger charge is -2.28. The minimum atomic E-state index is -1.20. The molecule has 3 heterocycles. The highest BCUT2D eigenvalue weighted by molar-refractivity contribution is 8.02. The molecule has 1 N–H and O–H groups in total. The van der Waals surface area contributed by atoms with E-state index in [2.05, 4.69) is 4.98 Å². The molecule has 162 valence electrons. The van der Waals surface area contributed by atoms with Gasteiger partial charge >= 0.3 is 11.9 Å². The van der Waals surface area contributed by atoms with E-state index < -0.39 is 29.2 Å². The number of amides is 1. The highest BCUT2D eigenvalue weighted by atomic mass is 32.2. The third kappa shape index (κ3) is 3.33. The summed E-state index contributed by atoms with van der Waals surface area (Å²) >= 11 is 1.27. The van der Waals surface area contributed by atoms with Crippen LogP contribution in [0.1, 0.15) is 51.9 Å². The normalized spacial score (nSPS) is 19.2. The number of H-pyrrole nitrogens is 1. The van der Waals surface area contributed by atoms with Crippen LogP contribution in [-0.4, -0.2) is 46.7 Å². The molecule has 1 fully saturated rings. The lowest BCUT2D eigenvalue weighted by atomic mass is 10.1. The summed E-state index contributed by atoms with van der Waals surface area (Å²) in [4.78, 5) is 54.9. The Balaban J connectivity index is 1.55. The molecular formula is C22H22N2O6S. The Morgan fingerprint density at radius 2 is 1.84 bits per heavy atom. The molecule has 4 rings (SSSR count). The van der Waals surface area contributed by atoms with Crippen molar-refractivity contribution < 1.29 is 28.7 Å². The zero-order valence-electron chi connectivity index (χ0n) is 17.4. The number of fused-ring (bicyclic) bond motifs is 3. The van der Waals surface area contributed by atoms with Crippen molar-refractivity contribution in [2.45, 2.75) is 43.4 Å². The van der Waals surface area contributed by atoms with Crippen molar-refractivity contribution in [3.63, 3.8) is 0 Å². The van der Waals surface area contributed by atoms with E-state index in [-0.39, 0.29) is 30.1 Å². The van der Waals surface area contributed by atoms with Gasteiger partial charge in [0.15, 0.2) is 11.5 Å². The van der Waals surface area contributed by atoms with Gasteiger partial charge in [-0.2, -0.15) is 0 Å². The third-order valence-electron chi connectivity index (χ3n) is 5.46. The molecule has 1 aromatic carbocycles. The fourth-order valence-corrected chi connectivity index (χ4v) is 5.59. The molecule has 1 saturated heterocycles. The molecule has 8 nitrogen and oxygen atoms in total. The average Bonchev–Trinajstić information content (AvgIpc) is 3.35. The van der Waals surface area contributed by atoms with E-state index in [9.17, 15) is 19.2 Å². The van der Waals surface area contributed by atoms with E-state index in [1.165, 1.54) is 16.7 Å². The van der Waals surface area contributed by atoms with Gasteiger partial charge in [0.25, 0.3) is 0 Å². The summed E-state index contributed by atoms with van der Waals surface area (Å²) in [5.41, 5.74) is 2.00. The Kier molecular flexibility index (Phi) is 5.38. The summed E-state index contributed by atoms with van der Waals surface area (Å²) in [6.07, 6.45) is 0.530. The van der Waals surface area contributed by atoms with E-state index in [1.54, 1.807) is 26.8 Å². The van der Waals surface area contributed by atoms with Crippen LogP contribution in [0.15, 0.2) is 29.2 Å². The molecular weight excluding hydrogens is 420 g/mol. The Morgan fingerprint density at radius 3 is 2.58 bits per heavy atom. The Hall–Kier alpha value is -3.07. The fourth-order valence-electron chi connectivity index (χ4n) is 4.18. The standard InChI is InChI=1S/C22H22N2O6S/c1-4-29-20(27)19-13(3)23-12(2)18(19)15(25)11-30-21(28)22-10-9-17(26)24(22)14-7-5-6-8-16(14)31-22/h5-8,23H,4,9-11H2,1-3H3/t22-/m1/s1. The van der Waals surface area contributed by atoms with Crippen molar-refractivity contribution in [2.75, 3.05) is 18.1 Å². The van der Waals surface area contributed by atoms with Crippen molar-refractivity contribution >= 4 is 41.1 Å². The second-order valence-corrected chi connectivity index (χ2v) is 8.75. The van der Waals surface area contributed by atoms with Crippen molar-refractivity contribution in [3.05, 3.63) is 46.8 Å². The van der Waals surface area contributed by atoms with E-state index >= 15 is 0 Å². The van der Waals surface area contributed by atoms with Crippen molar-refractivity contribution in [1.29, 1.82) is 0 Å². The highest BCUT2D eigenvalue weighted by Crippen LogP contribution is 2.56. The average molecular weight is 442 g/mol. The molecule has 1 atom stereocenters. The number of hydrogen-bond acceptors (Lipinski definition) is 7. The second kappa shape index (κ2) is 7.88. The lowest BCUT2D eigenvalue weighted by molar-refractivity contribution is -0.145. The maximum atomic E-state index is 13.1. The van der Waals surface area contributed by atoms with E-state index in [0.717, 1.165) is 4.90 Å². The van der Waals surface area contributed by atoms with Gasteiger partial charge in [-0.25, -0.2) is 9.59 Å². The number of nitrogens with one attached hydrogen (secondary N) is 1. The van der Waals surface area contributed by atoms with Gasteiger partial charge in [-0.15, -0.1) is 0 Å². The third-order valence-corrected chi connectivity index (χ3v) is 6.92. The molecule has 31 heavy (non-hydrogen) atoms. The first kappa shape index (κ1) is 21.2. The molecule has 2 aromatic rings. The quantitative estimate of drug-likeness (QED) is 0.541. The molecule has 0 saturated carbocycles. The molecule has 1 amide bonds. The number of aromatic nitrogens is 1. The number of carbonyl (C=O) groups excluding carboxylic acids is 4. The van der Waals surface area contributed by atoms with Crippen LogP contribution >= 0.6 is 11.8 Å². The van der Waals surface area contributed by atoms with Gasteiger partial charge in [-0.3, -0.25) is 14.5 Å². The number of ketones is 1. The van der Waals surface area contributed by atoms with Gasteiger partial charge in [0.05, 0.1) is 23.4 Å². The van der Waals surface area contributed by atoms with Gasteiger partial charge in [0.2, 0.25) is 11.7 Å². The predicted molar refractivity (Wildman–Crippen MR) is 113 cm³/mol. The van der Waals surface area contributed by atoms with Gasteiger partial charge in [0.1, 0.15) is 0 Å². The number of para-hydroxylation sites is 1. The number of aryl methyl sites for hydroxylation is 2. The number of aromatic amines is 1. The molecule has 0 spiro atoms. The zero-order chi connectivity index (χ0) is 22.3. The Labute approximate surface area is 183 Å². The minimum absolute atomic E-state index is 0.151. The van der Waals surface area contributed by atoms with Gasteiger partial charge in [0, 0.05) is 29.1 Å². The number of thioether (sulfide) groups is 1. The van der Waals surface area contributed by atoms with Crippen molar-refractivity contribution in [1.82, 2.24) is 4.98 Å². The van der Waals surface area contributed by atoms with Crippen LogP contribution in [0, 0.1) is 13.8 Å². The van der Waals surface area contributed by atoms with Crippen molar-refractivity contribution in [3.8, 4) is 0 Å². The van der Waals surface area contributed by atoms with Gasteiger partial charge in [-0.05, 0) is 32.9 Å². The zero-order valence-corrected chi connectivity index (χ0v) is 18.3. The number of anilines is 1. The maximum Gasteiger partial charge on any atom is 0.343 e. The predicted octanol–water partition coefficient (Wildman–Crippen LogP) is 3.16. The molecule has 2 aliphatic rings. The van der Waals surface area contributed by atoms with Gasteiger partial charge < -0.3 is 14.5 Å². The minimum Gasteiger partial charge on any atom is -0.462 e. The summed E-state index contributed by atoms with van der Waals surface area (Å²) in [5.74, 6) is -1.91. The van der Waals surface area contributed by atoms with Crippen LogP contribution in [0.3, 0.4) is 0 Å². The van der Waals surface area contributed by atoms with Crippen LogP contribution in [0.25, 0.3) is 0 Å². The number of nitrogens with zero attached hydrogens (tertiary/aromatic N) is 1. The first-order valence-electron chi connectivity index (χ1n) is 9.98. The topological polar surface area (TPSA) is 106 Å². The summed E-state index contributed by atoms with van der Waals surface area (Å²) in [6.45, 7) is 4.67. The molecule has 0 bridgehead atoms. The van der Waals surface area contributed by atoms with Crippen LogP contribution in [-0.2, 0) is 19.1 Å². The maximum absolute atomic E-state index is 13.1. The lowest BCUT2D eigenvalue weighted by Crippen LogP contribution is -2.48. The van der Waals surface area contributed by atoms with Gasteiger partial charge in [-0.1, -0.05) is 23.9 Å².